The maximum Gasteiger partial charge on any atom is 0.0874 e. The summed E-state index contributed by atoms with van der Waals surface area (Å²) in [4.78, 5) is 0. The summed E-state index contributed by atoms with van der Waals surface area (Å²) in [6.07, 6.45) is 6.75. The molecule has 0 rings (SSSR count). The first-order valence-electron chi connectivity index (χ1n) is 5.95. The van der Waals surface area contributed by atoms with Gasteiger partial charge in [0.2, 0.25) is 0 Å². The van der Waals surface area contributed by atoms with E-state index in [0.717, 1.165) is 12.8 Å². The van der Waals surface area contributed by atoms with Crippen molar-refractivity contribution in [2.24, 2.45) is 0 Å². The maximum atomic E-state index is 9.74. The molecule has 0 aliphatic heterocycles. The largest absolute Gasteiger partial charge is 0.390 e. The lowest BCUT2D eigenvalue weighted by Crippen LogP contribution is -2.38. The Labute approximate surface area is 88.3 Å². The molecule has 0 aromatic rings. The van der Waals surface area contributed by atoms with Gasteiger partial charge >= 0.3 is 0 Å². The van der Waals surface area contributed by atoms with Crippen LogP contribution in [0, 0.1) is 0 Å². The molecule has 0 radical (unpaired) electrons. The second-order valence-electron chi connectivity index (χ2n) is 4.43. The molecule has 0 fully saturated rings. The van der Waals surface area contributed by atoms with Crippen LogP contribution in [0.2, 0.25) is 0 Å². The van der Waals surface area contributed by atoms with Gasteiger partial charge < -0.3 is 10.2 Å². The third kappa shape index (κ3) is 5.61. The first-order valence-corrected chi connectivity index (χ1v) is 5.95. The van der Waals surface area contributed by atoms with Gasteiger partial charge in [-0.05, 0) is 19.8 Å². The Bertz CT molecular complexity index is 132. The molecule has 14 heavy (non-hydrogen) atoms. The molecule has 0 amide bonds. The van der Waals surface area contributed by atoms with E-state index in [-0.39, 0.29) is 0 Å². The zero-order valence-electron chi connectivity index (χ0n) is 9.92. The highest BCUT2D eigenvalue weighted by molar-refractivity contribution is 4.79. The summed E-state index contributed by atoms with van der Waals surface area (Å²) >= 11 is 0. The highest BCUT2D eigenvalue weighted by Crippen LogP contribution is 2.19. The highest BCUT2D eigenvalue weighted by atomic mass is 16.3. The van der Waals surface area contributed by atoms with Crippen molar-refractivity contribution in [1.29, 1.82) is 0 Å². The molecule has 2 atom stereocenters. The lowest BCUT2D eigenvalue weighted by Gasteiger charge is -2.27. The predicted molar refractivity (Wildman–Crippen MR) is 60.3 cm³/mol. The van der Waals surface area contributed by atoms with Gasteiger partial charge in [-0.2, -0.15) is 0 Å². The van der Waals surface area contributed by atoms with Crippen LogP contribution < -0.4 is 0 Å². The van der Waals surface area contributed by atoms with E-state index in [1.807, 2.05) is 6.92 Å². The third-order valence-corrected chi connectivity index (χ3v) is 3.01. The topological polar surface area (TPSA) is 40.5 Å². The molecule has 2 nitrogen and oxygen atoms in total. The third-order valence-electron chi connectivity index (χ3n) is 3.01. The van der Waals surface area contributed by atoms with E-state index in [9.17, 15) is 10.2 Å². The molecule has 0 spiro atoms. The standard InChI is InChI=1S/C12H26O2/c1-4-6-7-8-9-10-11(13)12(3,14)5-2/h11,13-14H,4-10H2,1-3H3. The van der Waals surface area contributed by atoms with Crippen LogP contribution in [0.15, 0.2) is 0 Å². The quantitative estimate of drug-likeness (QED) is 0.594. The zero-order chi connectivity index (χ0) is 11.0. The van der Waals surface area contributed by atoms with Gasteiger partial charge in [-0.1, -0.05) is 46.0 Å². The molecular formula is C12H26O2. The molecule has 2 heteroatoms. The van der Waals surface area contributed by atoms with Crippen molar-refractivity contribution in [3.05, 3.63) is 0 Å². The second-order valence-corrected chi connectivity index (χ2v) is 4.43. The fraction of sp³-hybridized carbons (Fsp3) is 1.00. The molecule has 0 heterocycles. The average molecular weight is 202 g/mol. The molecule has 2 N–H and O–H groups in total. The first kappa shape index (κ1) is 13.9. The predicted octanol–water partition coefficient (Wildman–Crippen LogP) is 2.87. The number of aliphatic hydroxyl groups excluding tert-OH is 1. The lowest BCUT2D eigenvalue weighted by molar-refractivity contribution is -0.0678. The molecular weight excluding hydrogens is 176 g/mol. The van der Waals surface area contributed by atoms with E-state index in [2.05, 4.69) is 6.92 Å². The summed E-state index contributed by atoms with van der Waals surface area (Å²) in [5.41, 5.74) is -0.898. The molecule has 0 bridgehead atoms. The van der Waals surface area contributed by atoms with Crippen molar-refractivity contribution in [2.75, 3.05) is 0 Å². The molecule has 0 saturated carbocycles. The minimum Gasteiger partial charge on any atom is -0.390 e. The first-order chi connectivity index (χ1) is 6.54. The van der Waals surface area contributed by atoms with Gasteiger partial charge in [0, 0.05) is 0 Å². The van der Waals surface area contributed by atoms with Crippen LogP contribution in [0.25, 0.3) is 0 Å². The van der Waals surface area contributed by atoms with Crippen molar-refractivity contribution >= 4 is 0 Å². The van der Waals surface area contributed by atoms with Crippen LogP contribution in [0.5, 0.6) is 0 Å². The van der Waals surface area contributed by atoms with Crippen LogP contribution in [-0.2, 0) is 0 Å². The summed E-state index contributed by atoms with van der Waals surface area (Å²) in [5.74, 6) is 0. The molecule has 2 unspecified atom stereocenters. The van der Waals surface area contributed by atoms with Crippen LogP contribution in [0.3, 0.4) is 0 Å². The Morgan fingerprint density at radius 3 is 2.14 bits per heavy atom. The molecule has 0 saturated heterocycles. The van der Waals surface area contributed by atoms with Crippen molar-refractivity contribution in [3.63, 3.8) is 0 Å². The van der Waals surface area contributed by atoms with Gasteiger partial charge in [0.1, 0.15) is 0 Å². The molecule has 0 aliphatic rings. The summed E-state index contributed by atoms with van der Waals surface area (Å²) in [6, 6.07) is 0. The highest BCUT2D eigenvalue weighted by Gasteiger charge is 2.27. The normalized spacial score (nSPS) is 17.8. The number of aliphatic hydroxyl groups is 2. The fourth-order valence-electron chi connectivity index (χ4n) is 1.49. The van der Waals surface area contributed by atoms with Crippen LogP contribution in [0.1, 0.15) is 65.7 Å². The Morgan fingerprint density at radius 2 is 1.64 bits per heavy atom. The van der Waals surface area contributed by atoms with E-state index in [1.54, 1.807) is 6.92 Å². The van der Waals surface area contributed by atoms with Gasteiger partial charge in [0.05, 0.1) is 11.7 Å². The zero-order valence-corrected chi connectivity index (χ0v) is 9.92. The van der Waals surface area contributed by atoms with Crippen LogP contribution in [-0.4, -0.2) is 21.9 Å². The average Bonchev–Trinajstić information content (AvgIpc) is 2.17. The Hall–Kier alpha value is -0.0800. The van der Waals surface area contributed by atoms with Gasteiger partial charge in [-0.15, -0.1) is 0 Å². The Kier molecular flexibility index (Phi) is 7.20. The van der Waals surface area contributed by atoms with E-state index in [1.165, 1.54) is 25.7 Å². The Balaban J connectivity index is 3.48. The molecule has 0 aromatic heterocycles. The molecule has 0 aliphatic carbocycles. The van der Waals surface area contributed by atoms with Crippen molar-refractivity contribution < 1.29 is 10.2 Å². The molecule has 86 valence electrons. The second kappa shape index (κ2) is 7.24. The SMILES string of the molecule is CCCCCCCC(O)C(C)(O)CC. The van der Waals surface area contributed by atoms with Crippen molar-refractivity contribution in [2.45, 2.75) is 77.4 Å². The van der Waals surface area contributed by atoms with Gasteiger partial charge in [-0.25, -0.2) is 0 Å². The number of rotatable bonds is 8. The monoisotopic (exact) mass is 202 g/mol. The van der Waals surface area contributed by atoms with Gasteiger partial charge in [0.15, 0.2) is 0 Å². The smallest absolute Gasteiger partial charge is 0.0874 e. The summed E-state index contributed by atoms with van der Waals surface area (Å²) in [5, 5.41) is 19.4. The van der Waals surface area contributed by atoms with Crippen molar-refractivity contribution in [3.8, 4) is 0 Å². The minimum absolute atomic E-state index is 0.561. The van der Waals surface area contributed by atoms with E-state index in [4.69, 9.17) is 0 Å². The van der Waals surface area contributed by atoms with Crippen LogP contribution >= 0.6 is 0 Å². The van der Waals surface area contributed by atoms with E-state index in [0.29, 0.717) is 6.42 Å². The number of hydrogen-bond acceptors (Lipinski definition) is 2. The summed E-state index contributed by atoms with van der Waals surface area (Å²) in [6.45, 7) is 5.81. The minimum atomic E-state index is -0.898. The Morgan fingerprint density at radius 1 is 1.07 bits per heavy atom. The van der Waals surface area contributed by atoms with E-state index < -0.39 is 11.7 Å². The van der Waals surface area contributed by atoms with Gasteiger partial charge in [-0.3, -0.25) is 0 Å². The number of hydrogen-bond donors (Lipinski definition) is 2. The van der Waals surface area contributed by atoms with E-state index >= 15 is 0 Å². The van der Waals surface area contributed by atoms with Gasteiger partial charge in [0.25, 0.3) is 0 Å². The fourth-order valence-corrected chi connectivity index (χ4v) is 1.49. The van der Waals surface area contributed by atoms with Crippen LogP contribution in [0.4, 0.5) is 0 Å². The molecule has 0 aromatic carbocycles. The number of unbranched alkanes of at least 4 members (excludes halogenated alkanes) is 4. The maximum absolute atomic E-state index is 9.74. The summed E-state index contributed by atoms with van der Waals surface area (Å²) < 4.78 is 0. The summed E-state index contributed by atoms with van der Waals surface area (Å²) in [7, 11) is 0. The van der Waals surface area contributed by atoms with Crippen molar-refractivity contribution in [1.82, 2.24) is 0 Å². The lowest BCUT2D eigenvalue weighted by atomic mass is 9.92.